The predicted octanol–water partition coefficient (Wildman–Crippen LogP) is 2.67. The summed E-state index contributed by atoms with van der Waals surface area (Å²) in [6.07, 6.45) is 0. The van der Waals surface area contributed by atoms with Crippen molar-refractivity contribution in [1.82, 2.24) is 9.97 Å². The Morgan fingerprint density at radius 2 is 1.21 bits per heavy atom. The molecule has 170 valence electrons. The smallest absolute Gasteiger partial charge is 0.314 e. The number of rotatable bonds is 6. The van der Waals surface area contributed by atoms with Crippen molar-refractivity contribution < 1.29 is 22.8 Å². The average molecular weight is 468 g/mol. The van der Waals surface area contributed by atoms with Crippen molar-refractivity contribution in [3.63, 3.8) is 0 Å². The maximum atomic E-state index is 12.6. The number of sulfonamides is 1. The molecule has 3 N–H and O–H groups in total. The summed E-state index contributed by atoms with van der Waals surface area (Å²) >= 11 is 0. The highest BCUT2D eigenvalue weighted by Gasteiger charge is 2.18. The molecule has 0 spiro atoms. The standard InChI is InChI=1S/C22H21N5O5S/c1-13-12-14(2)24-22(23-13)27-33(31,32)19-10-8-18(9-11-19)26-21(30)20(29)25-17-6-4-16(5-7-17)15(3)28/h4-12H,1-3H3,(H,25,29)(H,26,30)(H,23,24,27). The zero-order chi connectivity index (χ0) is 24.2. The molecule has 2 amide bonds. The minimum absolute atomic E-state index is 0.0436. The van der Waals surface area contributed by atoms with Gasteiger partial charge in [-0.25, -0.2) is 23.1 Å². The Hall–Kier alpha value is -4.12. The lowest BCUT2D eigenvalue weighted by Crippen LogP contribution is -2.29. The molecule has 0 saturated heterocycles. The molecule has 33 heavy (non-hydrogen) atoms. The van der Waals surface area contributed by atoms with Crippen LogP contribution in [0.25, 0.3) is 0 Å². The van der Waals surface area contributed by atoms with E-state index >= 15 is 0 Å². The van der Waals surface area contributed by atoms with Crippen LogP contribution in [-0.2, 0) is 19.6 Å². The Morgan fingerprint density at radius 1 is 0.758 bits per heavy atom. The van der Waals surface area contributed by atoms with E-state index < -0.39 is 21.8 Å². The summed E-state index contributed by atoms with van der Waals surface area (Å²) in [5, 5.41) is 4.81. The minimum Gasteiger partial charge on any atom is -0.318 e. The quantitative estimate of drug-likeness (QED) is 0.373. The van der Waals surface area contributed by atoms with Crippen LogP contribution in [0.5, 0.6) is 0 Å². The first-order valence-corrected chi connectivity index (χ1v) is 11.2. The molecule has 0 unspecified atom stereocenters. The van der Waals surface area contributed by atoms with Gasteiger partial charge in [0.25, 0.3) is 10.0 Å². The molecule has 0 aliphatic carbocycles. The Balaban J connectivity index is 1.63. The molecule has 11 heteroatoms. The van der Waals surface area contributed by atoms with Crippen molar-refractivity contribution >= 4 is 44.9 Å². The number of anilines is 3. The Labute approximate surface area is 190 Å². The van der Waals surface area contributed by atoms with Crippen LogP contribution in [0.3, 0.4) is 0 Å². The molecule has 0 saturated carbocycles. The molecular weight excluding hydrogens is 446 g/mol. The van der Waals surface area contributed by atoms with Crippen LogP contribution in [0.15, 0.2) is 59.5 Å². The van der Waals surface area contributed by atoms with Gasteiger partial charge in [-0.15, -0.1) is 0 Å². The molecule has 0 radical (unpaired) electrons. The molecule has 1 heterocycles. The maximum absolute atomic E-state index is 12.6. The molecule has 2 aromatic carbocycles. The summed E-state index contributed by atoms with van der Waals surface area (Å²) in [6.45, 7) is 4.87. The Morgan fingerprint density at radius 3 is 1.67 bits per heavy atom. The minimum atomic E-state index is -3.95. The van der Waals surface area contributed by atoms with Crippen LogP contribution >= 0.6 is 0 Å². The number of nitrogens with one attached hydrogen (secondary N) is 3. The second-order valence-electron chi connectivity index (χ2n) is 7.15. The van der Waals surface area contributed by atoms with Gasteiger partial charge in [-0.3, -0.25) is 14.4 Å². The summed E-state index contributed by atoms with van der Waals surface area (Å²) in [6, 6.07) is 13.1. The number of aryl methyl sites for hydroxylation is 2. The van der Waals surface area contributed by atoms with Gasteiger partial charge in [0.2, 0.25) is 5.95 Å². The van der Waals surface area contributed by atoms with Crippen molar-refractivity contribution in [2.45, 2.75) is 25.7 Å². The summed E-state index contributed by atoms with van der Waals surface area (Å²) in [5.41, 5.74) is 2.29. The molecule has 3 rings (SSSR count). The van der Waals surface area contributed by atoms with E-state index in [1.54, 1.807) is 19.9 Å². The van der Waals surface area contributed by atoms with Gasteiger partial charge >= 0.3 is 11.8 Å². The molecule has 0 aliphatic rings. The van der Waals surface area contributed by atoms with E-state index in [0.717, 1.165) is 0 Å². The van der Waals surface area contributed by atoms with E-state index in [4.69, 9.17) is 0 Å². The first-order valence-electron chi connectivity index (χ1n) is 9.72. The molecular formula is C22H21N5O5S. The van der Waals surface area contributed by atoms with E-state index in [-0.39, 0.29) is 22.3 Å². The van der Waals surface area contributed by atoms with E-state index in [1.165, 1.54) is 55.5 Å². The zero-order valence-corrected chi connectivity index (χ0v) is 18.9. The third kappa shape index (κ3) is 6.20. The lowest BCUT2D eigenvalue weighted by molar-refractivity contribution is -0.132. The predicted molar refractivity (Wildman–Crippen MR) is 122 cm³/mol. The highest BCUT2D eigenvalue weighted by molar-refractivity contribution is 7.92. The molecule has 10 nitrogen and oxygen atoms in total. The van der Waals surface area contributed by atoms with Crippen LogP contribution in [-0.4, -0.2) is 36.0 Å². The third-order valence-corrected chi connectivity index (χ3v) is 5.73. The van der Waals surface area contributed by atoms with Crippen LogP contribution in [0.2, 0.25) is 0 Å². The summed E-state index contributed by atoms with van der Waals surface area (Å²) in [7, 11) is -3.95. The first kappa shape index (κ1) is 23.5. The SMILES string of the molecule is CC(=O)c1ccc(NC(=O)C(=O)Nc2ccc(S(=O)(=O)Nc3nc(C)cc(C)n3)cc2)cc1. The molecule has 3 aromatic rings. The summed E-state index contributed by atoms with van der Waals surface area (Å²) in [5.74, 6) is -2.02. The topological polar surface area (TPSA) is 147 Å². The number of hydrogen-bond donors (Lipinski definition) is 3. The van der Waals surface area contributed by atoms with Gasteiger partial charge in [-0.2, -0.15) is 0 Å². The number of ketones is 1. The summed E-state index contributed by atoms with van der Waals surface area (Å²) < 4.78 is 27.5. The van der Waals surface area contributed by atoms with Crippen molar-refractivity contribution in [3.05, 3.63) is 71.5 Å². The fourth-order valence-electron chi connectivity index (χ4n) is 2.83. The van der Waals surface area contributed by atoms with Gasteiger partial charge in [0.1, 0.15) is 0 Å². The van der Waals surface area contributed by atoms with E-state index in [9.17, 15) is 22.8 Å². The van der Waals surface area contributed by atoms with Gasteiger partial charge in [-0.1, -0.05) is 0 Å². The third-order valence-electron chi connectivity index (χ3n) is 4.39. The number of amides is 2. The van der Waals surface area contributed by atoms with E-state index in [1.807, 2.05) is 0 Å². The van der Waals surface area contributed by atoms with Gasteiger partial charge in [0, 0.05) is 28.3 Å². The molecule has 0 atom stereocenters. The highest BCUT2D eigenvalue weighted by Crippen LogP contribution is 2.17. The van der Waals surface area contributed by atoms with Crippen molar-refractivity contribution in [3.8, 4) is 0 Å². The number of hydrogen-bond acceptors (Lipinski definition) is 7. The largest absolute Gasteiger partial charge is 0.318 e. The Bertz CT molecular complexity index is 1300. The molecule has 1 aromatic heterocycles. The number of carbonyl (C=O) groups excluding carboxylic acids is 3. The second-order valence-corrected chi connectivity index (χ2v) is 8.83. The van der Waals surface area contributed by atoms with E-state index in [0.29, 0.717) is 22.6 Å². The first-order chi connectivity index (χ1) is 15.5. The highest BCUT2D eigenvalue weighted by atomic mass is 32.2. The van der Waals surface area contributed by atoms with Crippen LogP contribution in [0.1, 0.15) is 28.7 Å². The van der Waals surface area contributed by atoms with Gasteiger partial charge in [0.05, 0.1) is 4.90 Å². The normalized spacial score (nSPS) is 10.9. The van der Waals surface area contributed by atoms with E-state index in [2.05, 4.69) is 25.3 Å². The fraction of sp³-hybridized carbons (Fsp3) is 0.136. The number of carbonyl (C=O) groups is 3. The number of nitrogens with zero attached hydrogens (tertiary/aromatic N) is 2. The maximum Gasteiger partial charge on any atom is 0.314 e. The van der Waals surface area contributed by atoms with Crippen LogP contribution in [0.4, 0.5) is 17.3 Å². The molecule has 0 aliphatic heterocycles. The van der Waals surface area contributed by atoms with Crippen LogP contribution < -0.4 is 15.4 Å². The fourth-order valence-corrected chi connectivity index (χ4v) is 3.78. The Kier molecular flexibility index (Phi) is 6.83. The molecule has 0 bridgehead atoms. The average Bonchev–Trinajstić information content (AvgIpc) is 2.73. The lowest BCUT2D eigenvalue weighted by atomic mass is 10.1. The summed E-state index contributed by atoms with van der Waals surface area (Å²) in [4.78, 5) is 43.6. The zero-order valence-electron chi connectivity index (χ0n) is 18.0. The molecule has 0 fully saturated rings. The number of aromatic nitrogens is 2. The van der Waals surface area contributed by atoms with Crippen molar-refractivity contribution in [1.29, 1.82) is 0 Å². The van der Waals surface area contributed by atoms with Crippen molar-refractivity contribution in [2.24, 2.45) is 0 Å². The second kappa shape index (κ2) is 9.57. The number of benzene rings is 2. The van der Waals surface area contributed by atoms with Gasteiger partial charge in [-0.05, 0) is 75.4 Å². The lowest BCUT2D eigenvalue weighted by Gasteiger charge is -2.10. The van der Waals surface area contributed by atoms with Gasteiger partial charge in [0.15, 0.2) is 5.78 Å². The van der Waals surface area contributed by atoms with Crippen LogP contribution in [0, 0.1) is 13.8 Å². The monoisotopic (exact) mass is 467 g/mol. The van der Waals surface area contributed by atoms with Crippen molar-refractivity contribution in [2.75, 3.05) is 15.4 Å². The number of Topliss-reactive ketones (excluding diaryl/α,β-unsaturated/α-hetero) is 1. The van der Waals surface area contributed by atoms with Gasteiger partial charge < -0.3 is 10.6 Å².